The molecule has 0 amide bonds. The molecule has 0 atom stereocenters. The molecule has 1 aliphatic heterocycles. The van der Waals surface area contributed by atoms with E-state index in [1.807, 2.05) is 18.2 Å². The molecule has 1 fully saturated rings. The van der Waals surface area contributed by atoms with E-state index in [9.17, 15) is 9.90 Å². The lowest BCUT2D eigenvalue weighted by Gasteiger charge is -2.26. The Hall–Kier alpha value is -3.10. The topological polar surface area (TPSA) is 114 Å². The van der Waals surface area contributed by atoms with Crippen molar-refractivity contribution in [2.45, 2.75) is 6.42 Å². The number of nitrogens with zero attached hydrogens (tertiary/aromatic N) is 2. The fourth-order valence-corrected chi connectivity index (χ4v) is 3.69. The maximum atomic E-state index is 11.6. The van der Waals surface area contributed by atoms with Crippen LogP contribution in [0.2, 0.25) is 0 Å². The number of methoxy groups -OCH3 is 1. The van der Waals surface area contributed by atoms with E-state index >= 15 is 0 Å². The zero-order valence-corrected chi connectivity index (χ0v) is 16.3. The molecule has 1 saturated heterocycles. The number of aromatic amines is 1. The van der Waals surface area contributed by atoms with Gasteiger partial charge in [-0.1, -0.05) is 0 Å². The van der Waals surface area contributed by atoms with Gasteiger partial charge in [0.15, 0.2) is 0 Å². The molecule has 0 spiro atoms. The van der Waals surface area contributed by atoms with Gasteiger partial charge < -0.3 is 25.3 Å². The fourth-order valence-electron chi connectivity index (χ4n) is 3.69. The lowest BCUT2D eigenvalue weighted by atomic mass is 10.0. The van der Waals surface area contributed by atoms with Gasteiger partial charge in [0.2, 0.25) is 0 Å². The van der Waals surface area contributed by atoms with Crippen molar-refractivity contribution >= 4 is 22.7 Å². The van der Waals surface area contributed by atoms with Crippen molar-refractivity contribution in [1.82, 2.24) is 14.9 Å². The second-order valence-electron chi connectivity index (χ2n) is 7.05. The van der Waals surface area contributed by atoms with Gasteiger partial charge in [0, 0.05) is 30.9 Å². The zero-order chi connectivity index (χ0) is 20.4. The van der Waals surface area contributed by atoms with Crippen LogP contribution in [-0.4, -0.2) is 65.9 Å². The second-order valence-corrected chi connectivity index (χ2v) is 7.05. The van der Waals surface area contributed by atoms with E-state index < -0.39 is 5.97 Å². The molecule has 29 heavy (non-hydrogen) atoms. The summed E-state index contributed by atoms with van der Waals surface area (Å²) in [5.74, 6) is 0.124. The number of rotatable bonds is 6. The van der Waals surface area contributed by atoms with Crippen molar-refractivity contribution in [3.8, 4) is 17.1 Å². The normalized spacial score (nSPS) is 14.9. The van der Waals surface area contributed by atoms with E-state index in [0.717, 1.165) is 50.4 Å². The van der Waals surface area contributed by atoms with E-state index in [4.69, 9.17) is 15.2 Å². The third kappa shape index (κ3) is 3.90. The van der Waals surface area contributed by atoms with Crippen LogP contribution in [0.25, 0.3) is 22.4 Å². The summed E-state index contributed by atoms with van der Waals surface area (Å²) in [5, 5.41) is 9.52. The molecule has 4 rings (SSSR count). The number of H-pyrrole nitrogens is 1. The van der Waals surface area contributed by atoms with Gasteiger partial charge in [0.05, 0.1) is 25.9 Å². The van der Waals surface area contributed by atoms with Crippen LogP contribution < -0.4 is 10.5 Å². The molecule has 0 radical (unpaired) electrons. The van der Waals surface area contributed by atoms with Crippen LogP contribution in [0.3, 0.4) is 0 Å². The molecule has 0 unspecified atom stereocenters. The molecule has 1 aliphatic rings. The van der Waals surface area contributed by atoms with Crippen molar-refractivity contribution in [2.24, 2.45) is 0 Å². The van der Waals surface area contributed by atoms with Crippen molar-refractivity contribution in [2.75, 3.05) is 45.7 Å². The van der Waals surface area contributed by atoms with Gasteiger partial charge in [-0.15, -0.1) is 0 Å². The number of fused-ring (bicyclic) bond motifs is 1. The summed E-state index contributed by atoms with van der Waals surface area (Å²) >= 11 is 0. The molecule has 2 aromatic carbocycles. The first-order valence-electron chi connectivity index (χ1n) is 9.55. The molecule has 0 bridgehead atoms. The van der Waals surface area contributed by atoms with Gasteiger partial charge in [-0.3, -0.25) is 4.90 Å². The van der Waals surface area contributed by atoms with E-state index in [1.54, 1.807) is 13.2 Å². The molecule has 8 heteroatoms. The zero-order valence-electron chi connectivity index (χ0n) is 16.3. The number of nitrogen functional groups attached to an aromatic ring is 1. The molecule has 1 aromatic heterocycles. The summed E-state index contributed by atoms with van der Waals surface area (Å²) in [5.41, 5.74) is 9.77. The number of morpholine rings is 1. The maximum Gasteiger partial charge on any atom is 0.337 e. The van der Waals surface area contributed by atoms with Crippen molar-refractivity contribution in [1.29, 1.82) is 0 Å². The molecule has 0 saturated carbocycles. The molecule has 3 aromatic rings. The summed E-state index contributed by atoms with van der Waals surface area (Å²) in [6, 6.07) is 8.86. The average molecular weight is 396 g/mol. The van der Waals surface area contributed by atoms with Crippen LogP contribution in [0.5, 0.6) is 5.75 Å². The number of aromatic nitrogens is 2. The van der Waals surface area contributed by atoms with Crippen molar-refractivity contribution < 1.29 is 19.4 Å². The third-order valence-corrected chi connectivity index (χ3v) is 5.24. The van der Waals surface area contributed by atoms with E-state index in [1.165, 1.54) is 6.07 Å². The van der Waals surface area contributed by atoms with E-state index in [-0.39, 0.29) is 5.56 Å². The van der Waals surface area contributed by atoms with Crippen LogP contribution in [-0.2, 0) is 11.2 Å². The predicted molar refractivity (Wildman–Crippen MR) is 110 cm³/mol. The van der Waals surface area contributed by atoms with Crippen molar-refractivity contribution in [3.05, 3.63) is 41.5 Å². The maximum absolute atomic E-state index is 11.6. The van der Waals surface area contributed by atoms with E-state index in [2.05, 4.69) is 14.9 Å². The quantitative estimate of drug-likeness (QED) is 0.548. The Kier molecular flexibility index (Phi) is 5.37. The minimum Gasteiger partial charge on any atom is -0.494 e. The lowest BCUT2D eigenvalue weighted by molar-refractivity contribution is 0.0384. The minimum atomic E-state index is -1.03. The first-order chi connectivity index (χ1) is 14.1. The number of benzene rings is 2. The van der Waals surface area contributed by atoms with E-state index in [0.29, 0.717) is 28.3 Å². The summed E-state index contributed by atoms with van der Waals surface area (Å²) in [6.07, 6.45) is 0.806. The van der Waals surface area contributed by atoms with Gasteiger partial charge in [-0.25, -0.2) is 9.78 Å². The Balaban J connectivity index is 1.73. The number of carboxylic acid groups (broad SMARTS) is 1. The SMILES string of the molecule is COc1ccc(C(=O)O)c2nc(-c3ccc(N)cc3CCN3CCOCC3)[nH]c12. The second kappa shape index (κ2) is 8.10. The number of aromatic carboxylic acids is 1. The summed E-state index contributed by atoms with van der Waals surface area (Å²) in [4.78, 5) is 21.8. The first kappa shape index (κ1) is 19.2. The highest BCUT2D eigenvalue weighted by molar-refractivity contribution is 6.03. The Morgan fingerprint density at radius 1 is 1.31 bits per heavy atom. The van der Waals surface area contributed by atoms with Crippen molar-refractivity contribution in [3.63, 3.8) is 0 Å². The van der Waals surface area contributed by atoms with Gasteiger partial charge in [-0.2, -0.15) is 0 Å². The number of hydrogen-bond acceptors (Lipinski definition) is 6. The molecule has 2 heterocycles. The fraction of sp³-hybridized carbons (Fsp3) is 0.333. The monoisotopic (exact) mass is 396 g/mol. The molecule has 8 nitrogen and oxygen atoms in total. The van der Waals surface area contributed by atoms with Crippen LogP contribution >= 0.6 is 0 Å². The number of ether oxygens (including phenoxy) is 2. The number of nitrogens with two attached hydrogens (primary N) is 1. The van der Waals surface area contributed by atoms with Gasteiger partial charge in [-0.05, 0) is 42.3 Å². The minimum absolute atomic E-state index is 0.133. The van der Waals surface area contributed by atoms with Gasteiger partial charge >= 0.3 is 5.97 Å². The summed E-state index contributed by atoms with van der Waals surface area (Å²) < 4.78 is 10.8. The Morgan fingerprint density at radius 2 is 2.10 bits per heavy atom. The average Bonchev–Trinajstić information content (AvgIpc) is 3.17. The van der Waals surface area contributed by atoms with Gasteiger partial charge in [0.1, 0.15) is 22.6 Å². The third-order valence-electron chi connectivity index (χ3n) is 5.24. The number of carboxylic acids is 1. The number of hydrogen-bond donors (Lipinski definition) is 3. The summed E-state index contributed by atoms with van der Waals surface area (Å²) in [6.45, 7) is 4.24. The Bertz CT molecular complexity index is 1040. The molecule has 0 aliphatic carbocycles. The van der Waals surface area contributed by atoms with Gasteiger partial charge in [0.25, 0.3) is 0 Å². The lowest BCUT2D eigenvalue weighted by Crippen LogP contribution is -2.37. The Labute approximate surface area is 168 Å². The number of anilines is 1. The Morgan fingerprint density at radius 3 is 2.83 bits per heavy atom. The summed E-state index contributed by atoms with van der Waals surface area (Å²) in [7, 11) is 1.55. The highest BCUT2D eigenvalue weighted by Crippen LogP contribution is 2.32. The largest absolute Gasteiger partial charge is 0.494 e. The van der Waals surface area contributed by atoms with Crippen LogP contribution in [0.4, 0.5) is 5.69 Å². The number of nitrogens with one attached hydrogen (secondary N) is 1. The highest BCUT2D eigenvalue weighted by atomic mass is 16.5. The number of imidazole rings is 1. The number of carbonyl (C=O) groups is 1. The predicted octanol–water partition coefficient (Wildman–Crippen LogP) is 2.39. The molecular weight excluding hydrogens is 372 g/mol. The molecule has 152 valence electrons. The molecular formula is C21H24N4O4. The smallest absolute Gasteiger partial charge is 0.337 e. The van der Waals surface area contributed by atoms with Crippen LogP contribution in [0.15, 0.2) is 30.3 Å². The standard InChI is InChI=1S/C21H24N4O4/c1-28-17-5-4-16(21(26)27)18-19(17)24-20(23-18)15-3-2-14(22)12-13(15)6-7-25-8-10-29-11-9-25/h2-5,12H,6-11,22H2,1H3,(H,23,24)(H,26,27). The highest BCUT2D eigenvalue weighted by Gasteiger charge is 2.19. The van der Waals surface area contributed by atoms with Crippen LogP contribution in [0.1, 0.15) is 15.9 Å². The van der Waals surface area contributed by atoms with Crippen LogP contribution in [0, 0.1) is 0 Å². The molecule has 4 N–H and O–H groups in total. The first-order valence-corrected chi connectivity index (χ1v) is 9.55.